The molecule has 1 unspecified atom stereocenters. The number of aliphatic hydroxyl groups is 1. The molecule has 0 saturated heterocycles. The molecule has 2 aromatic rings. The van der Waals surface area contributed by atoms with Crippen molar-refractivity contribution < 1.29 is 9.53 Å². The Bertz CT molecular complexity index is 742. The van der Waals surface area contributed by atoms with Crippen molar-refractivity contribution in [1.29, 1.82) is 0 Å². The summed E-state index contributed by atoms with van der Waals surface area (Å²) in [7, 11) is -1.71. The highest BCUT2D eigenvalue weighted by Gasteiger charge is 2.36. The van der Waals surface area contributed by atoms with Crippen molar-refractivity contribution in [3.63, 3.8) is 0 Å². The minimum Gasteiger partial charge on any atom is -0.416 e. The maximum Gasteiger partial charge on any atom is 0.192 e. The Morgan fingerprint density at radius 1 is 1.08 bits per heavy atom. The summed E-state index contributed by atoms with van der Waals surface area (Å²) in [4.78, 5) is 0. The maximum atomic E-state index is 10.4. The van der Waals surface area contributed by atoms with Crippen LogP contribution in [0.15, 0.2) is 42.5 Å². The van der Waals surface area contributed by atoms with Crippen molar-refractivity contribution in [2.45, 2.75) is 51.4 Å². The van der Waals surface area contributed by atoms with Crippen molar-refractivity contribution in [3.8, 4) is 11.8 Å². The molecule has 0 aromatic heterocycles. The van der Waals surface area contributed by atoms with Crippen LogP contribution in [0.2, 0.25) is 18.1 Å². The fraction of sp³-hybridized carbons (Fsp3) is 0.429. The van der Waals surface area contributed by atoms with Gasteiger partial charge in [0.2, 0.25) is 0 Å². The second-order valence-electron chi connectivity index (χ2n) is 7.65. The van der Waals surface area contributed by atoms with E-state index in [1.165, 1.54) is 0 Å². The quantitative estimate of drug-likeness (QED) is 0.465. The molecule has 0 bridgehead atoms. The molecule has 24 heavy (non-hydrogen) atoms. The van der Waals surface area contributed by atoms with E-state index in [0.717, 1.165) is 16.3 Å². The van der Waals surface area contributed by atoms with Crippen LogP contribution in [0.5, 0.6) is 0 Å². The summed E-state index contributed by atoms with van der Waals surface area (Å²) >= 11 is 0. The lowest BCUT2D eigenvalue weighted by atomic mass is 10.0. The van der Waals surface area contributed by atoms with Crippen LogP contribution in [0.4, 0.5) is 0 Å². The molecule has 0 fully saturated rings. The minimum absolute atomic E-state index is 0.211. The second kappa shape index (κ2) is 7.52. The fourth-order valence-electron chi connectivity index (χ4n) is 2.31. The number of fused-ring (bicyclic) bond motifs is 1. The highest BCUT2D eigenvalue weighted by molar-refractivity contribution is 6.74. The van der Waals surface area contributed by atoms with Gasteiger partial charge in [-0.25, -0.2) is 0 Å². The minimum atomic E-state index is -1.71. The molecule has 128 valence electrons. The van der Waals surface area contributed by atoms with E-state index < -0.39 is 14.4 Å². The summed E-state index contributed by atoms with van der Waals surface area (Å²) in [5.41, 5.74) is 0.867. The molecular weight excluding hydrogens is 312 g/mol. The van der Waals surface area contributed by atoms with Gasteiger partial charge in [-0.3, -0.25) is 0 Å². The number of aliphatic hydroxyl groups excluding tert-OH is 1. The van der Waals surface area contributed by atoms with E-state index in [1.54, 1.807) is 0 Å². The normalized spacial score (nSPS) is 13.4. The van der Waals surface area contributed by atoms with Gasteiger partial charge in [0.15, 0.2) is 8.32 Å². The monoisotopic (exact) mass is 340 g/mol. The summed E-state index contributed by atoms with van der Waals surface area (Å²) in [5, 5.41) is 12.8. The summed E-state index contributed by atoms with van der Waals surface area (Å²) in [6, 6.07) is 14.0. The van der Waals surface area contributed by atoms with E-state index in [1.807, 2.05) is 42.5 Å². The summed E-state index contributed by atoms with van der Waals surface area (Å²) in [6.45, 7) is 11.8. The van der Waals surface area contributed by atoms with Crippen molar-refractivity contribution in [2.24, 2.45) is 0 Å². The van der Waals surface area contributed by atoms with E-state index in [9.17, 15) is 5.11 Å². The van der Waals surface area contributed by atoms with Crippen molar-refractivity contribution in [2.75, 3.05) is 6.61 Å². The first-order chi connectivity index (χ1) is 11.2. The van der Waals surface area contributed by atoms with Gasteiger partial charge < -0.3 is 9.53 Å². The van der Waals surface area contributed by atoms with Crippen LogP contribution >= 0.6 is 0 Å². The molecule has 0 radical (unpaired) electrons. The molecule has 2 aromatic carbocycles. The third kappa shape index (κ3) is 4.48. The molecule has 2 rings (SSSR count). The van der Waals surface area contributed by atoms with Gasteiger partial charge in [-0.1, -0.05) is 75.1 Å². The molecule has 3 heteroatoms. The number of hydrogen-bond donors (Lipinski definition) is 1. The third-order valence-corrected chi connectivity index (χ3v) is 9.39. The topological polar surface area (TPSA) is 29.5 Å². The predicted octanol–water partition coefficient (Wildman–Crippen LogP) is 5.29. The van der Waals surface area contributed by atoms with Gasteiger partial charge in [0.25, 0.3) is 0 Å². The number of benzene rings is 2. The van der Waals surface area contributed by atoms with Crippen molar-refractivity contribution >= 4 is 19.1 Å². The zero-order valence-electron chi connectivity index (χ0n) is 15.4. The fourth-order valence-corrected chi connectivity index (χ4v) is 3.35. The molecule has 0 amide bonds. The van der Waals surface area contributed by atoms with Crippen LogP contribution < -0.4 is 0 Å². The number of hydrogen-bond acceptors (Lipinski definition) is 2. The summed E-state index contributed by atoms with van der Waals surface area (Å²) in [5.74, 6) is 6.03. The number of rotatable bonds is 4. The van der Waals surface area contributed by atoms with Crippen LogP contribution in [-0.2, 0) is 4.43 Å². The Morgan fingerprint density at radius 3 is 2.46 bits per heavy atom. The van der Waals surface area contributed by atoms with Crippen molar-refractivity contribution in [1.82, 2.24) is 0 Å². The van der Waals surface area contributed by atoms with Gasteiger partial charge >= 0.3 is 0 Å². The average Bonchev–Trinajstić information content (AvgIpc) is 2.52. The Balaban J connectivity index is 1.99. The van der Waals surface area contributed by atoms with Crippen molar-refractivity contribution in [3.05, 3.63) is 48.0 Å². The lowest BCUT2D eigenvalue weighted by Gasteiger charge is -2.35. The smallest absolute Gasteiger partial charge is 0.192 e. The molecule has 1 N–H and O–H groups in total. The maximum absolute atomic E-state index is 10.4. The molecule has 0 aliphatic carbocycles. The van der Waals surface area contributed by atoms with Crippen LogP contribution in [0, 0.1) is 11.8 Å². The second-order valence-corrected chi connectivity index (χ2v) is 12.5. The van der Waals surface area contributed by atoms with E-state index >= 15 is 0 Å². The molecule has 0 aliphatic heterocycles. The van der Waals surface area contributed by atoms with Gasteiger partial charge in [-0.05, 0) is 28.9 Å². The Labute approximate surface area is 147 Å². The van der Waals surface area contributed by atoms with Crippen LogP contribution in [0.1, 0.15) is 38.9 Å². The summed E-state index contributed by atoms with van der Waals surface area (Å²) < 4.78 is 6.11. The van der Waals surface area contributed by atoms with Crippen LogP contribution in [-0.4, -0.2) is 20.0 Å². The average molecular weight is 341 g/mol. The van der Waals surface area contributed by atoms with Crippen LogP contribution in [0.25, 0.3) is 10.8 Å². The first-order valence-corrected chi connectivity index (χ1v) is 11.4. The molecular formula is C21H28O2Si. The van der Waals surface area contributed by atoms with E-state index in [0.29, 0.717) is 13.0 Å². The Kier molecular flexibility index (Phi) is 5.87. The molecule has 0 aliphatic rings. The highest BCUT2D eigenvalue weighted by Crippen LogP contribution is 2.36. The lowest BCUT2D eigenvalue weighted by molar-refractivity contribution is 0.239. The molecule has 0 spiro atoms. The van der Waals surface area contributed by atoms with Gasteiger partial charge in [0.05, 0.1) is 0 Å². The molecule has 1 atom stereocenters. The van der Waals surface area contributed by atoms with E-state index in [2.05, 4.69) is 45.7 Å². The Hall–Kier alpha value is -1.60. The third-order valence-electron chi connectivity index (χ3n) is 4.85. The SMILES string of the molecule is CC(C)(C)[Si](C)(C)OCCC#CC(O)c1cccc2ccccc12. The van der Waals surface area contributed by atoms with Gasteiger partial charge in [0.1, 0.15) is 6.10 Å². The summed E-state index contributed by atoms with van der Waals surface area (Å²) in [6.07, 6.45) is -0.113. The molecule has 0 heterocycles. The largest absolute Gasteiger partial charge is 0.416 e. The van der Waals surface area contributed by atoms with E-state index in [4.69, 9.17) is 4.43 Å². The van der Waals surface area contributed by atoms with Gasteiger partial charge in [-0.2, -0.15) is 0 Å². The predicted molar refractivity (Wildman–Crippen MR) is 104 cm³/mol. The zero-order valence-corrected chi connectivity index (χ0v) is 16.4. The standard InChI is InChI=1S/C21H28O2Si/c1-21(2,3)24(4,5)23-16-9-8-15-20(22)19-14-10-12-17-11-6-7-13-18(17)19/h6-7,10-14,20,22H,9,16H2,1-5H3. The van der Waals surface area contributed by atoms with Crippen LogP contribution in [0.3, 0.4) is 0 Å². The van der Waals surface area contributed by atoms with Gasteiger partial charge in [0, 0.05) is 18.6 Å². The first kappa shape index (κ1) is 18.7. The highest BCUT2D eigenvalue weighted by atomic mass is 28.4. The first-order valence-electron chi connectivity index (χ1n) is 8.50. The molecule has 2 nitrogen and oxygen atoms in total. The van der Waals surface area contributed by atoms with Gasteiger partial charge in [-0.15, -0.1) is 0 Å². The molecule has 0 saturated carbocycles. The Morgan fingerprint density at radius 2 is 1.75 bits per heavy atom. The van der Waals surface area contributed by atoms with E-state index in [-0.39, 0.29) is 5.04 Å². The zero-order chi connectivity index (χ0) is 17.8. The lowest BCUT2D eigenvalue weighted by Crippen LogP contribution is -2.40.